The molecule has 0 aromatic carbocycles. The normalized spacial score (nSPS) is 23.8. The van der Waals surface area contributed by atoms with Crippen LogP contribution in [0.3, 0.4) is 0 Å². The third kappa shape index (κ3) is 7.19. The molecule has 1 N–H and O–H groups in total. The van der Waals surface area contributed by atoms with E-state index >= 15 is 0 Å². The van der Waals surface area contributed by atoms with Gasteiger partial charge in [-0.2, -0.15) is 0 Å². The van der Waals surface area contributed by atoms with Gasteiger partial charge < -0.3 is 14.8 Å². The van der Waals surface area contributed by atoms with Crippen LogP contribution in [-0.2, 0) is 9.53 Å². The van der Waals surface area contributed by atoms with E-state index in [0.717, 1.165) is 32.1 Å². The summed E-state index contributed by atoms with van der Waals surface area (Å²) in [4.78, 5) is 22.6. The molecule has 0 atom stereocenters. The van der Waals surface area contributed by atoms with E-state index in [0.29, 0.717) is 12.3 Å². The lowest BCUT2D eigenvalue weighted by Crippen LogP contribution is -2.40. The Morgan fingerprint density at radius 3 is 2.21 bits per heavy atom. The first-order valence-corrected chi connectivity index (χ1v) is 7.25. The SMILES string of the molecule is CC(=O)CCC1CCC(NC(=O)OC(C)(C)C)CC1. The van der Waals surface area contributed by atoms with Crippen LogP contribution in [-0.4, -0.2) is 23.5 Å². The smallest absolute Gasteiger partial charge is 0.407 e. The van der Waals surface area contributed by atoms with E-state index in [1.54, 1.807) is 6.92 Å². The zero-order valence-electron chi connectivity index (χ0n) is 12.6. The van der Waals surface area contributed by atoms with Gasteiger partial charge in [-0.15, -0.1) is 0 Å². The van der Waals surface area contributed by atoms with Gasteiger partial charge in [0.2, 0.25) is 0 Å². The minimum absolute atomic E-state index is 0.225. The van der Waals surface area contributed by atoms with Crippen LogP contribution in [0.25, 0.3) is 0 Å². The van der Waals surface area contributed by atoms with Gasteiger partial charge in [-0.1, -0.05) is 0 Å². The van der Waals surface area contributed by atoms with Gasteiger partial charge >= 0.3 is 6.09 Å². The van der Waals surface area contributed by atoms with Crippen molar-refractivity contribution in [2.75, 3.05) is 0 Å². The first-order valence-electron chi connectivity index (χ1n) is 7.25. The molecule has 0 bridgehead atoms. The number of alkyl carbamates (subject to hydrolysis) is 1. The molecule has 1 aliphatic carbocycles. The van der Waals surface area contributed by atoms with E-state index < -0.39 is 5.60 Å². The number of rotatable bonds is 4. The molecule has 0 spiro atoms. The summed E-state index contributed by atoms with van der Waals surface area (Å²) in [5.41, 5.74) is -0.442. The highest BCUT2D eigenvalue weighted by Crippen LogP contribution is 2.28. The molecule has 1 aliphatic rings. The highest BCUT2D eigenvalue weighted by molar-refractivity contribution is 5.75. The Labute approximate surface area is 116 Å². The highest BCUT2D eigenvalue weighted by atomic mass is 16.6. The van der Waals surface area contributed by atoms with E-state index in [9.17, 15) is 9.59 Å². The van der Waals surface area contributed by atoms with Gasteiger partial charge in [-0.25, -0.2) is 4.79 Å². The predicted molar refractivity (Wildman–Crippen MR) is 75.0 cm³/mol. The first kappa shape index (κ1) is 16.0. The van der Waals surface area contributed by atoms with Crippen molar-refractivity contribution in [3.05, 3.63) is 0 Å². The number of ether oxygens (including phenoxy) is 1. The van der Waals surface area contributed by atoms with Crippen LogP contribution in [0.2, 0.25) is 0 Å². The monoisotopic (exact) mass is 269 g/mol. The predicted octanol–water partition coefficient (Wildman–Crippen LogP) is 3.44. The number of nitrogens with one attached hydrogen (secondary N) is 1. The Morgan fingerprint density at radius 1 is 1.16 bits per heavy atom. The van der Waals surface area contributed by atoms with Gasteiger partial charge in [0.1, 0.15) is 11.4 Å². The zero-order valence-corrected chi connectivity index (χ0v) is 12.6. The maximum absolute atomic E-state index is 11.6. The number of hydrogen-bond acceptors (Lipinski definition) is 3. The average Bonchev–Trinajstić information content (AvgIpc) is 2.25. The van der Waals surface area contributed by atoms with Gasteiger partial charge in [-0.05, 0) is 65.7 Å². The second kappa shape index (κ2) is 6.92. The summed E-state index contributed by atoms with van der Waals surface area (Å²) >= 11 is 0. The molecule has 1 amide bonds. The van der Waals surface area contributed by atoms with Gasteiger partial charge in [0.15, 0.2) is 0 Å². The van der Waals surface area contributed by atoms with Crippen LogP contribution in [0.4, 0.5) is 4.79 Å². The fraction of sp³-hybridized carbons (Fsp3) is 0.867. The third-order valence-electron chi connectivity index (χ3n) is 3.47. The summed E-state index contributed by atoms with van der Waals surface area (Å²) in [6, 6.07) is 0.225. The van der Waals surface area contributed by atoms with E-state index in [-0.39, 0.29) is 17.9 Å². The minimum atomic E-state index is -0.442. The summed E-state index contributed by atoms with van der Waals surface area (Å²) in [7, 11) is 0. The second-order valence-corrected chi connectivity index (χ2v) is 6.60. The van der Waals surface area contributed by atoms with Crippen molar-refractivity contribution in [2.24, 2.45) is 5.92 Å². The van der Waals surface area contributed by atoms with Gasteiger partial charge in [0.25, 0.3) is 0 Å². The van der Waals surface area contributed by atoms with Crippen molar-refractivity contribution in [3.8, 4) is 0 Å². The van der Waals surface area contributed by atoms with Crippen LogP contribution in [0.5, 0.6) is 0 Å². The molecular weight excluding hydrogens is 242 g/mol. The summed E-state index contributed by atoms with van der Waals surface area (Å²) in [5.74, 6) is 0.912. The van der Waals surface area contributed by atoms with E-state index in [4.69, 9.17) is 4.74 Å². The topological polar surface area (TPSA) is 55.4 Å². The standard InChI is InChI=1S/C15H27NO3/c1-11(17)5-6-12-7-9-13(10-8-12)16-14(18)19-15(2,3)4/h12-13H,5-10H2,1-4H3,(H,16,18). The molecule has 4 nitrogen and oxygen atoms in total. The molecule has 19 heavy (non-hydrogen) atoms. The van der Waals surface area contributed by atoms with Gasteiger partial charge in [0.05, 0.1) is 0 Å². The highest BCUT2D eigenvalue weighted by Gasteiger charge is 2.24. The molecule has 0 saturated heterocycles. The van der Waals surface area contributed by atoms with E-state index in [1.807, 2.05) is 20.8 Å². The van der Waals surface area contributed by atoms with Gasteiger partial charge in [-0.3, -0.25) is 0 Å². The summed E-state index contributed by atoms with van der Waals surface area (Å²) in [6.45, 7) is 7.25. The number of amides is 1. The molecule has 4 heteroatoms. The molecule has 0 heterocycles. The Hall–Kier alpha value is -1.06. The molecule has 0 radical (unpaired) electrons. The van der Waals surface area contributed by atoms with Crippen molar-refractivity contribution in [1.82, 2.24) is 5.32 Å². The Morgan fingerprint density at radius 2 is 1.74 bits per heavy atom. The number of carbonyl (C=O) groups excluding carboxylic acids is 2. The maximum Gasteiger partial charge on any atom is 0.407 e. The minimum Gasteiger partial charge on any atom is -0.444 e. The zero-order chi connectivity index (χ0) is 14.5. The maximum atomic E-state index is 11.6. The Balaban J connectivity index is 2.23. The summed E-state index contributed by atoms with van der Waals surface area (Å²) < 4.78 is 5.25. The van der Waals surface area contributed by atoms with Crippen LogP contribution >= 0.6 is 0 Å². The third-order valence-corrected chi connectivity index (χ3v) is 3.47. The van der Waals surface area contributed by atoms with Crippen LogP contribution in [0.15, 0.2) is 0 Å². The van der Waals surface area contributed by atoms with Crippen LogP contribution < -0.4 is 5.32 Å². The molecule has 0 aromatic heterocycles. The van der Waals surface area contributed by atoms with Crippen LogP contribution in [0, 0.1) is 5.92 Å². The number of hydrogen-bond donors (Lipinski definition) is 1. The molecular formula is C15H27NO3. The molecule has 1 fully saturated rings. The molecule has 1 saturated carbocycles. The average molecular weight is 269 g/mol. The van der Waals surface area contributed by atoms with E-state index in [1.165, 1.54) is 0 Å². The number of Topliss-reactive ketones (excluding diaryl/α,β-unsaturated/α-hetero) is 1. The molecule has 1 rings (SSSR count). The lowest BCUT2D eigenvalue weighted by molar-refractivity contribution is -0.117. The van der Waals surface area contributed by atoms with Crippen molar-refractivity contribution in [2.45, 2.75) is 77.9 Å². The molecule has 0 unspecified atom stereocenters. The Bertz CT molecular complexity index is 312. The van der Waals surface area contributed by atoms with Crippen molar-refractivity contribution in [3.63, 3.8) is 0 Å². The van der Waals surface area contributed by atoms with Crippen molar-refractivity contribution < 1.29 is 14.3 Å². The quantitative estimate of drug-likeness (QED) is 0.850. The Kier molecular flexibility index (Phi) is 5.83. The lowest BCUT2D eigenvalue weighted by atomic mass is 9.83. The van der Waals surface area contributed by atoms with Crippen LogP contribution in [0.1, 0.15) is 66.2 Å². The molecule has 0 aromatic rings. The first-order chi connectivity index (χ1) is 8.76. The second-order valence-electron chi connectivity index (χ2n) is 6.60. The van der Waals surface area contributed by atoms with Gasteiger partial charge in [0, 0.05) is 12.5 Å². The van der Waals surface area contributed by atoms with Crippen molar-refractivity contribution in [1.29, 1.82) is 0 Å². The summed E-state index contributed by atoms with van der Waals surface area (Å²) in [5, 5.41) is 2.93. The lowest BCUT2D eigenvalue weighted by Gasteiger charge is -2.30. The number of ketones is 1. The number of carbonyl (C=O) groups is 2. The largest absolute Gasteiger partial charge is 0.444 e. The fourth-order valence-corrected chi connectivity index (χ4v) is 2.48. The van der Waals surface area contributed by atoms with Crippen molar-refractivity contribution >= 4 is 11.9 Å². The fourth-order valence-electron chi connectivity index (χ4n) is 2.48. The summed E-state index contributed by atoms with van der Waals surface area (Å²) in [6.07, 6.45) is 5.52. The van der Waals surface area contributed by atoms with E-state index in [2.05, 4.69) is 5.32 Å². The molecule has 0 aliphatic heterocycles. The molecule has 110 valence electrons.